The lowest BCUT2D eigenvalue weighted by Gasteiger charge is -2.15. The normalized spacial score (nSPS) is 14.0. The van der Waals surface area contributed by atoms with Crippen LogP contribution in [0.4, 0.5) is 0 Å². The van der Waals surface area contributed by atoms with Crippen molar-refractivity contribution >= 4 is 17.3 Å². The summed E-state index contributed by atoms with van der Waals surface area (Å²) in [7, 11) is 1.77. The van der Waals surface area contributed by atoms with Gasteiger partial charge in [0.1, 0.15) is 0 Å². The lowest BCUT2D eigenvalue weighted by molar-refractivity contribution is 0.0790. The monoisotopic (exact) mass is 314 g/mol. The number of amides is 2. The fraction of sp³-hybridized carbons (Fsp3) is 0.471. The quantitative estimate of drug-likeness (QED) is 0.888. The van der Waals surface area contributed by atoms with E-state index < -0.39 is 0 Å². The first-order valence-electron chi connectivity index (χ1n) is 8.15. The van der Waals surface area contributed by atoms with Gasteiger partial charge < -0.3 is 10.2 Å². The van der Waals surface area contributed by atoms with Gasteiger partial charge in [-0.05, 0) is 31.4 Å². The predicted molar refractivity (Wildman–Crippen MR) is 87.5 cm³/mol. The smallest absolute Gasteiger partial charge is 0.287 e. The number of fused-ring (bicyclic) bond motifs is 1. The molecule has 1 fully saturated rings. The number of rotatable bonds is 6. The summed E-state index contributed by atoms with van der Waals surface area (Å²) >= 11 is 0. The van der Waals surface area contributed by atoms with Crippen molar-refractivity contribution < 1.29 is 9.59 Å². The molecule has 6 nitrogen and oxygen atoms in total. The minimum absolute atomic E-state index is 0.146. The Morgan fingerprint density at radius 2 is 2.17 bits per heavy atom. The van der Waals surface area contributed by atoms with Crippen LogP contribution in [0.1, 0.15) is 53.7 Å². The fourth-order valence-corrected chi connectivity index (χ4v) is 2.51. The maximum Gasteiger partial charge on any atom is 0.287 e. The zero-order valence-electron chi connectivity index (χ0n) is 13.6. The lowest BCUT2D eigenvalue weighted by Crippen LogP contribution is -2.29. The molecule has 0 unspecified atom stereocenters. The van der Waals surface area contributed by atoms with Crippen molar-refractivity contribution in [3.8, 4) is 0 Å². The van der Waals surface area contributed by atoms with Crippen LogP contribution in [-0.2, 0) is 0 Å². The van der Waals surface area contributed by atoms with E-state index in [1.165, 1.54) is 0 Å². The van der Waals surface area contributed by atoms with Crippen molar-refractivity contribution in [2.75, 3.05) is 13.6 Å². The summed E-state index contributed by atoms with van der Waals surface area (Å²) in [5, 5.41) is 2.93. The van der Waals surface area contributed by atoms with E-state index in [9.17, 15) is 9.59 Å². The molecule has 23 heavy (non-hydrogen) atoms. The van der Waals surface area contributed by atoms with E-state index in [4.69, 9.17) is 0 Å². The molecule has 2 aromatic heterocycles. The van der Waals surface area contributed by atoms with Gasteiger partial charge in [0.2, 0.25) is 5.82 Å². The van der Waals surface area contributed by atoms with Crippen molar-refractivity contribution in [3.05, 3.63) is 35.9 Å². The van der Waals surface area contributed by atoms with E-state index in [-0.39, 0.29) is 23.7 Å². The van der Waals surface area contributed by atoms with E-state index in [1.807, 2.05) is 18.2 Å². The number of hydrogen-bond acceptors (Lipinski definition) is 3. The molecule has 0 spiro atoms. The molecule has 0 aliphatic heterocycles. The number of imidazole rings is 1. The van der Waals surface area contributed by atoms with Crippen molar-refractivity contribution in [3.63, 3.8) is 0 Å². The van der Waals surface area contributed by atoms with Crippen LogP contribution in [0.3, 0.4) is 0 Å². The maximum absolute atomic E-state index is 12.7. The Morgan fingerprint density at radius 3 is 2.87 bits per heavy atom. The lowest BCUT2D eigenvalue weighted by atomic mass is 10.2. The second-order valence-electron chi connectivity index (χ2n) is 6.07. The summed E-state index contributed by atoms with van der Waals surface area (Å²) in [5.41, 5.74) is 1.01. The molecule has 0 radical (unpaired) electrons. The number of nitrogens with zero attached hydrogens (tertiary/aromatic N) is 3. The molecule has 1 aliphatic carbocycles. The number of carbonyl (C=O) groups is 2. The molecule has 1 N–H and O–H groups in total. The molecular formula is C17H22N4O2. The first-order valence-corrected chi connectivity index (χ1v) is 8.15. The molecule has 0 bridgehead atoms. The second kappa shape index (κ2) is 6.40. The minimum atomic E-state index is -0.219. The number of nitrogens with one attached hydrogen (secondary N) is 1. The number of carbonyl (C=O) groups excluding carboxylic acids is 2. The number of hydrogen-bond donors (Lipinski definition) is 1. The summed E-state index contributed by atoms with van der Waals surface area (Å²) in [4.78, 5) is 31.0. The van der Waals surface area contributed by atoms with Gasteiger partial charge in [-0.15, -0.1) is 0 Å². The third-order valence-electron chi connectivity index (χ3n) is 4.06. The highest BCUT2D eigenvalue weighted by Gasteiger charge is 2.28. The summed E-state index contributed by atoms with van der Waals surface area (Å²) in [6.45, 7) is 2.77. The highest BCUT2D eigenvalue weighted by atomic mass is 16.2. The zero-order chi connectivity index (χ0) is 16.4. The van der Waals surface area contributed by atoms with Gasteiger partial charge in [0, 0.05) is 25.8 Å². The van der Waals surface area contributed by atoms with Crippen molar-refractivity contribution in [1.82, 2.24) is 19.6 Å². The molecule has 2 amide bonds. The average molecular weight is 314 g/mol. The minimum Gasteiger partial charge on any atom is -0.347 e. The Kier molecular flexibility index (Phi) is 4.32. The summed E-state index contributed by atoms with van der Waals surface area (Å²) in [6, 6.07) is 5.76. The summed E-state index contributed by atoms with van der Waals surface area (Å²) in [6.07, 6.45) is 5.77. The standard InChI is InChI=1S/C17H22N4O2/c1-3-4-10-20(2)17(23)14-13-7-5-6-11-21(13)15(19-14)16(22)18-12-8-9-12/h5-7,11-12H,3-4,8-10H2,1-2H3,(H,18,22). The van der Waals surface area contributed by atoms with E-state index in [0.717, 1.165) is 25.7 Å². The molecule has 0 saturated heterocycles. The van der Waals surface area contributed by atoms with Gasteiger partial charge in [0.25, 0.3) is 11.8 Å². The van der Waals surface area contributed by atoms with Gasteiger partial charge in [-0.3, -0.25) is 14.0 Å². The fourth-order valence-electron chi connectivity index (χ4n) is 2.51. The van der Waals surface area contributed by atoms with Gasteiger partial charge in [-0.1, -0.05) is 19.4 Å². The molecule has 2 aromatic rings. The van der Waals surface area contributed by atoms with Crippen LogP contribution >= 0.6 is 0 Å². The molecule has 2 heterocycles. The largest absolute Gasteiger partial charge is 0.347 e. The van der Waals surface area contributed by atoms with Gasteiger partial charge in [-0.2, -0.15) is 0 Å². The van der Waals surface area contributed by atoms with Crippen LogP contribution < -0.4 is 5.32 Å². The van der Waals surface area contributed by atoms with E-state index in [0.29, 0.717) is 17.8 Å². The Bertz CT molecular complexity index is 733. The Hall–Kier alpha value is -2.37. The van der Waals surface area contributed by atoms with Crippen LogP contribution in [0.5, 0.6) is 0 Å². The topological polar surface area (TPSA) is 66.7 Å². The predicted octanol–water partition coefficient (Wildman–Crippen LogP) is 2.10. The van der Waals surface area contributed by atoms with Gasteiger partial charge in [-0.25, -0.2) is 4.98 Å². The summed E-state index contributed by atoms with van der Waals surface area (Å²) in [5.74, 6) is -0.0867. The third-order valence-corrected chi connectivity index (χ3v) is 4.06. The first-order chi connectivity index (χ1) is 11.1. The van der Waals surface area contributed by atoms with E-state index in [1.54, 1.807) is 22.5 Å². The molecule has 1 saturated carbocycles. The van der Waals surface area contributed by atoms with Gasteiger partial charge >= 0.3 is 0 Å². The van der Waals surface area contributed by atoms with Crippen molar-refractivity contribution in [2.24, 2.45) is 0 Å². The molecule has 6 heteroatoms. The molecule has 3 rings (SSSR count). The van der Waals surface area contributed by atoms with Crippen LogP contribution in [0.15, 0.2) is 24.4 Å². The van der Waals surface area contributed by atoms with Crippen LogP contribution in [-0.4, -0.2) is 45.7 Å². The van der Waals surface area contributed by atoms with Crippen LogP contribution in [0.2, 0.25) is 0 Å². The molecule has 0 atom stereocenters. The highest BCUT2D eigenvalue weighted by Crippen LogP contribution is 2.20. The first kappa shape index (κ1) is 15.5. The van der Waals surface area contributed by atoms with Crippen LogP contribution in [0, 0.1) is 0 Å². The number of aromatic nitrogens is 2. The zero-order valence-corrected chi connectivity index (χ0v) is 13.6. The van der Waals surface area contributed by atoms with Gasteiger partial charge in [0.05, 0.1) is 5.52 Å². The van der Waals surface area contributed by atoms with Crippen molar-refractivity contribution in [1.29, 1.82) is 0 Å². The average Bonchev–Trinajstić information content (AvgIpc) is 3.29. The van der Waals surface area contributed by atoms with Gasteiger partial charge in [0.15, 0.2) is 5.69 Å². The highest BCUT2D eigenvalue weighted by molar-refractivity contribution is 6.02. The molecular weight excluding hydrogens is 292 g/mol. The second-order valence-corrected chi connectivity index (χ2v) is 6.07. The number of unbranched alkanes of at least 4 members (excludes halogenated alkanes) is 1. The SMILES string of the molecule is CCCCN(C)C(=O)c1nc(C(=O)NC2CC2)n2ccccc12. The van der Waals surface area contributed by atoms with E-state index in [2.05, 4.69) is 17.2 Å². The Labute approximate surface area is 135 Å². The molecule has 122 valence electrons. The molecule has 0 aromatic carbocycles. The van der Waals surface area contributed by atoms with Crippen LogP contribution in [0.25, 0.3) is 5.52 Å². The molecule has 1 aliphatic rings. The van der Waals surface area contributed by atoms with E-state index >= 15 is 0 Å². The Morgan fingerprint density at radius 1 is 1.39 bits per heavy atom. The number of pyridine rings is 1. The van der Waals surface area contributed by atoms with Crippen molar-refractivity contribution in [2.45, 2.75) is 38.6 Å². The summed E-state index contributed by atoms with van der Waals surface area (Å²) < 4.78 is 1.69. The maximum atomic E-state index is 12.7. The Balaban J connectivity index is 1.93. The third kappa shape index (κ3) is 3.21.